The van der Waals surface area contributed by atoms with Gasteiger partial charge in [-0.1, -0.05) is 13.8 Å². The summed E-state index contributed by atoms with van der Waals surface area (Å²) < 4.78 is 27.2. The molecule has 1 rings (SSSR count). The van der Waals surface area contributed by atoms with Crippen LogP contribution in [0.1, 0.15) is 26.7 Å². The minimum Gasteiger partial charge on any atom is -0.324 e. The molecule has 5 nitrogen and oxygen atoms in total. The van der Waals surface area contributed by atoms with Gasteiger partial charge in [0.2, 0.25) is 10.0 Å². The van der Waals surface area contributed by atoms with E-state index < -0.39 is 15.6 Å². The topological polar surface area (TPSA) is 85.1 Å². The molecule has 0 bridgehead atoms. The minimum atomic E-state index is -3.56. The molecule has 0 unspecified atom stereocenters. The fourth-order valence-corrected chi connectivity index (χ4v) is 3.00. The summed E-state index contributed by atoms with van der Waals surface area (Å²) in [6.07, 6.45) is 4.26. The molecule has 1 aromatic heterocycles. The van der Waals surface area contributed by atoms with Gasteiger partial charge in [0.05, 0.1) is 0 Å². The molecule has 0 amide bonds. The maximum Gasteiger partial charge on any atom is 0.242 e. The van der Waals surface area contributed by atoms with Crippen molar-refractivity contribution in [1.29, 1.82) is 0 Å². The molecule has 0 aliphatic heterocycles. The number of hydrogen-bond donors (Lipinski definition) is 2. The van der Waals surface area contributed by atoms with Gasteiger partial charge in [-0.25, -0.2) is 13.1 Å². The Morgan fingerprint density at radius 2 is 2.00 bits per heavy atom. The van der Waals surface area contributed by atoms with E-state index in [1.165, 1.54) is 18.5 Å². The van der Waals surface area contributed by atoms with Crippen molar-refractivity contribution in [1.82, 2.24) is 9.71 Å². The molecule has 7 heteroatoms. The number of nitrogens with zero attached hydrogens (tertiary/aromatic N) is 1. The number of sulfonamides is 1. The van der Waals surface area contributed by atoms with Crippen LogP contribution < -0.4 is 10.5 Å². The van der Waals surface area contributed by atoms with E-state index in [2.05, 4.69) is 25.6 Å². The van der Waals surface area contributed by atoms with E-state index in [-0.39, 0.29) is 11.4 Å². The molecule has 0 fully saturated rings. The molecule has 0 aliphatic carbocycles. The zero-order chi connectivity index (χ0) is 13.8. The van der Waals surface area contributed by atoms with Gasteiger partial charge in [0.1, 0.15) is 4.90 Å². The average Bonchev–Trinajstić information content (AvgIpc) is 2.36. The van der Waals surface area contributed by atoms with E-state index in [1.54, 1.807) is 0 Å². The Morgan fingerprint density at radius 3 is 2.50 bits per heavy atom. The van der Waals surface area contributed by atoms with Crippen LogP contribution in [-0.4, -0.2) is 25.5 Å². The van der Waals surface area contributed by atoms with Gasteiger partial charge in [0.25, 0.3) is 0 Å². The van der Waals surface area contributed by atoms with E-state index in [0.717, 1.165) is 0 Å². The summed E-state index contributed by atoms with van der Waals surface area (Å²) in [5.41, 5.74) is 5.55. The second-order valence-corrected chi connectivity index (χ2v) is 6.92. The summed E-state index contributed by atoms with van der Waals surface area (Å²) in [6.45, 7) is 4.10. The monoisotopic (exact) mass is 335 g/mol. The fraction of sp³-hybridized carbons (Fsp3) is 0.545. The van der Waals surface area contributed by atoms with Gasteiger partial charge in [-0.15, -0.1) is 0 Å². The summed E-state index contributed by atoms with van der Waals surface area (Å²) in [5, 5.41) is 0. The Labute approximate surface area is 116 Å². The van der Waals surface area contributed by atoms with Crippen molar-refractivity contribution in [3.05, 3.63) is 22.9 Å². The number of pyridine rings is 1. The Hall–Kier alpha value is -0.500. The van der Waals surface area contributed by atoms with Crippen molar-refractivity contribution in [3.8, 4) is 0 Å². The van der Waals surface area contributed by atoms with Crippen molar-refractivity contribution in [2.24, 2.45) is 5.73 Å². The van der Waals surface area contributed by atoms with Crippen LogP contribution in [0.4, 0.5) is 0 Å². The SMILES string of the molecule is CCC(N)(CC)CNS(=O)(=O)c1cncc(Br)c1. The lowest BCUT2D eigenvalue weighted by molar-refractivity contribution is 0.391. The van der Waals surface area contributed by atoms with Crippen LogP contribution in [0.15, 0.2) is 27.8 Å². The maximum absolute atomic E-state index is 12.0. The van der Waals surface area contributed by atoms with Gasteiger partial charge in [-0.2, -0.15) is 0 Å². The largest absolute Gasteiger partial charge is 0.324 e. The molecule has 1 heterocycles. The number of hydrogen-bond acceptors (Lipinski definition) is 4. The summed E-state index contributed by atoms with van der Waals surface area (Å²) in [7, 11) is -3.56. The first-order chi connectivity index (χ1) is 8.33. The first-order valence-electron chi connectivity index (χ1n) is 5.72. The molecule has 3 N–H and O–H groups in total. The highest BCUT2D eigenvalue weighted by Crippen LogP contribution is 2.15. The lowest BCUT2D eigenvalue weighted by Crippen LogP contribution is -2.49. The second kappa shape index (κ2) is 6.10. The third-order valence-electron chi connectivity index (χ3n) is 3.01. The van der Waals surface area contributed by atoms with Crippen LogP contribution in [-0.2, 0) is 10.0 Å². The lowest BCUT2D eigenvalue weighted by atomic mass is 9.95. The van der Waals surface area contributed by atoms with Gasteiger partial charge in [0.15, 0.2) is 0 Å². The predicted octanol–water partition coefficient (Wildman–Crippen LogP) is 1.64. The van der Waals surface area contributed by atoms with Crippen LogP contribution >= 0.6 is 15.9 Å². The molecule has 1 aromatic rings. The minimum absolute atomic E-state index is 0.131. The summed E-state index contributed by atoms with van der Waals surface area (Å²) in [6, 6.07) is 1.51. The molecule has 0 saturated carbocycles. The van der Waals surface area contributed by atoms with Crippen LogP contribution in [0.3, 0.4) is 0 Å². The van der Waals surface area contributed by atoms with E-state index in [9.17, 15) is 8.42 Å². The number of aromatic nitrogens is 1. The van der Waals surface area contributed by atoms with Crippen LogP contribution in [0.2, 0.25) is 0 Å². The second-order valence-electron chi connectivity index (χ2n) is 4.23. The number of halogens is 1. The third-order valence-corrected chi connectivity index (χ3v) is 4.81. The molecular weight excluding hydrogens is 318 g/mol. The molecule has 18 heavy (non-hydrogen) atoms. The molecule has 102 valence electrons. The van der Waals surface area contributed by atoms with E-state index in [4.69, 9.17) is 5.73 Å². The van der Waals surface area contributed by atoms with Crippen molar-refractivity contribution in [2.75, 3.05) is 6.54 Å². The number of nitrogens with one attached hydrogen (secondary N) is 1. The third kappa shape index (κ3) is 4.01. The maximum atomic E-state index is 12.0. The molecule has 0 radical (unpaired) electrons. The Morgan fingerprint density at radius 1 is 1.39 bits per heavy atom. The predicted molar refractivity (Wildman–Crippen MR) is 74.6 cm³/mol. The molecule has 0 atom stereocenters. The lowest BCUT2D eigenvalue weighted by Gasteiger charge is -2.26. The van der Waals surface area contributed by atoms with Gasteiger partial charge in [0, 0.05) is 29.0 Å². The zero-order valence-electron chi connectivity index (χ0n) is 10.5. The summed E-state index contributed by atoms with van der Waals surface area (Å²) in [5.74, 6) is 0. The van der Waals surface area contributed by atoms with Crippen molar-refractivity contribution >= 4 is 26.0 Å². The van der Waals surface area contributed by atoms with Crippen LogP contribution in [0.5, 0.6) is 0 Å². The summed E-state index contributed by atoms with van der Waals surface area (Å²) >= 11 is 3.19. The van der Waals surface area contributed by atoms with E-state index >= 15 is 0 Å². The van der Waals surface area contributed by atoms with Gasteiger partial charge in [-0.05, 0) is 34.8 Å². The standard InChI is InChI=1S/C11H18BrN3O2S/c1-3-11(13,4-2)8-15-18(16,17)10-5-9(12)6-14-7-10/h5-7,15H,3-4,8,13H2,1-2H3. The van der Waals surface area contributed by atoms with Gasteiger partial charge in [-0.3, -0.25) is 4.98 Å². The van der Waals surface area contributed by atoms with Crippen LogP contribution in [0, 0.1) is 0 Å². The molecule has 0 aliphatic rings. The quantitative estimate of drug-likeness (QED) is 0.827. The number of nitrogens with two attached hydrogens (primary N) is 1. The first-order valence-corrected chi connectivity index (χ1v) is 7.99. The first kappa shape index (κ1) is 15.6. The summed E-state index contributed by atoms with van der Waals surface area (Å²) in [4.78, 5) is 3.97. The molecule has 0 aromatic carbocycles. The fourth-order valence-electron chi connectivity index (χ4n) is 1.36. The highest BCUT2D eigenvalue weighted by atomic mass is 79.9. The highest BCUT2D eigenvalue weighted by Gasteiger charge is 2.24. The van der Waals surface area contributed by atoms with Gasteiger partial charge < -0.3 is 5.73 Å². The normalized spacial score (nSPS) is 12.7. The Bertz CT molecular complexity index is 501. The van der Waals surface area contributed by atoms with Gasteiger partial charge >= 0.3 is 0 Å². The Balaban J connectivity index is 2.84. The smallest absolute Gasteiger partial charge is 0.242 e. The highest BCUT2D eigenvalue weighted by molar-refractivity contribution is 9.10. The zero-order valence-corrected chi connectivity index (χ0v) is 12.9. The number of rotatable bonds is 6. The van der Waals surface area contributed by atoms with E-state index in [0.29, 0.717) is 17.3 Å². The van der Waals surface area contributed by atoms with Crippen molar-refractivity contribution < 1.29 is 8.42 Å². The molecule has 0 saturated heterocycles. The van der Waals surface area contributed by atoms with Crippen molar-refractivity contribution in [2.45, 2.75) is 37.1 Å². The van der Waals surface area contributed by atoms with E-state index in [1.807, 2.05) is 13.8 Å². The van der Waals surface area contributed by atoms with Crippen molar-refractivity contribution in [3.63, 3.8) is 0 Å². The van der Waals surface area contributed by atoms with Crippen LogP contribution in [0.25, 0.3) is 0 Å². The molecule has 0 spiro atoms. The Kier molecular flexibility index (Phi) is 5.27. The average molecular weight is 336 g/mol. The molecular formula is C11H18BrN3O2S.